The van der Waals surface area contributed by atoms with Gasteiger partial charge in [-0.05, 0) is 66.6 Å². The van der Waals surface area contributed by atoms with Crippen molar-refractivity contribution in [3.63, 3.8) is 0 Å². The SMILES string of the molecule is COc1ccc(CCNC(=O)c2cc(-c3ccccc3F)nn2-c2ccc(Cl)cc2)cc1OC. The normalized spacial score (nSPS) is 10.7. The van der Waals surface area contributed by atoms with Crippen LogP contribution in [0.2, 0.25) is 5.02 Å². The second kappa shape index (κ2) is 10.4. The van der Waals surface area contributed by atoms with Gasteiger partial charge in [0, 0.05) is 17.1 Å². The van der Waals surface area contributed by atoms with Gasteiger partial charge in [-0.25, -0.2) is 9.07 Å². The summed E-state index contributed by atoms with van der Waals surface area (Å²) in [6.07, 6.45) is 0.585. The zero-order valence-electron chi connectivity index (χ0n) is 18.7. The van der Waals surface area contributed by atoms with E-state index in [0.717, 1.165) is 5.56 Å². The van der Waals surface area contributed by atoms with Crippen LogP contribution in [-0.2, 0) is 6.42 Å². The van der Waals surface area contributed by atoms with Crippen molar-refractivity contribution in [2.75, 3.05) is 20.8 Å². The Labute approximate surface area is 201 Å². The Bertz CT molecular complexity index is 1310. The molecular weight excluding hydrogens is 457 g/mol. The van der Waals surface area contributed by atoms with Gasteiger partial charge in [0.05, 0.1) is 25.6 Å². The number of benzene rings is 3. The average Bonchev–Trinajstić information content (AvgIpc) is 3.30. The maximum absolute atomic E-state index is 14.4. The van der Waals surface area contributed by atoms with Crippen molar-refractivity contribution in [2.45, 2.75) is 6.42 Å². The number of rotatable bonds is 8. The van der Waals surface area contributed by atoms with Crippen molar-refractivity contribution in [1.29, 1.82) is 0 Å². The summed E-state index contributed by atoms with van der Waals surface area (Å²) in [6.45, 7) is 0.384. The minimum absolute atomic E-state index is 0.285. The molecule has 0 radical (unpaired) electrons. The molecule has 3 aromatic carbocycles. The van der Waals surface area contributed by atoms with Gasteiger partial charge in [-0.1, -0.05) is 29.8 Å². The van der Waals surface area contributed by atoms with Crippen molar-refractivity contribution < 1.29 is 18.7 Å². The molecule has 0 saturated heterocycles. The van der Waals surface area contributed by atoms with Crippen LogP contribution < -0.4 is 14.8 Å². The lowest BCUT2D eigenvalue weighted by atomic mass is 10.1. The zero-order valence-corrected chi connectivity index (χ0v) is 19.5. The predicted octanol–water partition coefficient (Wildman–Crippen LogP) is 5.32. The highest BCUT2D eigenvalue weighted by atomic mass is 35.5. The van der Waals surface area contributed by atoms with Crippen LogP contribution in [0.4, 0.5) is 4.39 Å². The Morgan fingerprint density at radius 2 is 1.74 bits per heavy atom. The molecule has 0 spiro atoms. The third-order valence-electron chi connectivity index (χ3n) is 5.31. The summed E-state index contributed by atoms with van der Waals surface area (Å²) in [7, 11) is 3.16. The lowest BCUT2D eigenvalue weighted by Gasteiger charge is -2.11. The Morgan fingerprint density at radius 3 is 2.44 bits per heavy atom. The van der Waals surface area contributed by atoms with E-state index in [4.69, 9.17) is 21.1 Å². The van der Waals surface area contributed by atoms with Crippen molar-refractivity contribution >= 4 is 17.5 Å². The number of carbonyl (C=O) groups is 1. The Kier molecular flexibility index (Phi) is 7.13. The van der Waals surface area contributed by atoms with Crippen LogP contribution in [0.15, 0.2) is 72.8 Å². The summed E-state index contributed by atoms with van der Waals surface area (Å²) < 4.78 is 26.5. The third kappa shape index (κ3) is 5.05. The number of hydrogen-bond acceptors (Lipinski definition) is 4. The third-order valence-corrected chi connectivity index (χ3v) is 5.56. The van der Waals surface area contributed by atoms with Gasteiger partial charge in [0.1, 0.15) is 11.5 Å². The Balaban J connectivity index is 1.57. The van der Waals surface area contributed by atoms with Crippen molar-refractivity contribution in [2.24, 2.45) is 0 Å². The fourth-order valence-corrected chi connectivity index (χ4v) is 3.70. The van der Waals surface area contributed by atoms with Crippen molar-refractivity contribution in [1.82, 2.24) is 15.1 Å². The first-order valence-electron chi connectivity index (χ1n) is 10.6. The van der Waals surface area contributed by atoms with E-state index in [1.54, 1.807) is 62.8 Å². The van der Waals surface area contributed by atoms with E-state index in [1.165, 1.54) is 10.7 Å². The van der Waals surface area contributed by atoms with Crippen LogP contribution in [0.5, 0.6) is 11.5 Å². The first-order valence-corrected chi connectivity index (χ1v) is 11.0. The molecule has 174 valence electrons. The van der Waals surface area contributed by atoms with E-state index in [-0.39, 0.29) is 11.6 Å². The fourth-order valence-electron chi connectivity index (χ4n) is 3.57. The number of nitrogens with zero attached hydrogens (tertiary/aromatic N) is 2. The molecule has 0 saturated carbocycles. The van der Waals surface area contributed by atoms with Gasteiger partial charge in [0.25, 0.3) is 5.91 Å². The molecule has 34 heavy (non-hydrogen) atoms. The maximum atomic E-state index is 14.4. The zero-order chi connectivity index (χ0) is 24.1. The molecule has 1 amide bonds. The molecule has 1 heterocycles. The molecule has 0 fully saturated rings. The van der Waals surface area contributed by atoms with Gasteiger partial charge in [-0.15, -0.1) is 0 Å². The molecule has 8 heteroatoms. The molecule has 4 aromatic rings. The molecule has 4 rings (SSSR count). The maximum Gasteiger partial charge on any atom is 0.270 e. The fraction of sp³-hybridized carbons (Fsp3) is 0.154. The van der Waals surface area contributed by atoms with Crippen LogP contribution in [0.25, 0.3) is 16.9 Å². The minimum atomic E-state index is -0.413. The molecule has 0 aliphatic rings. The van der Waals surface area contributed by atoms with Gasteiger partial charge < -0.3 is 14.8 Å². The number of amides is 1. The van der Waals surface area contributed by atoms with E-state index in [9.17, 15) is 9.18 Å². The van der Waals surface area contributed by atoms with Gasteiger partial charge in [-0.2, -0.15) is 5.10 Å². The van der Waals surface area contributed by atoms with Gasteiger partial charge in [-0.3, -0.25) is 4.79 Å². The van der Waals surface area contributed by atoms with Crippen molar-refractivity contribution in [3.05, 3.63) is 94.9 Å². The molecular formula is C26H23ClFN3O3. The van der Waals surface area contributed by atoms with Crippen LogP contribution in [0.3, 0.4) is 0 Å². The number of nitrogens with one attached hydrogen (secondary N) is 1. The lowest BCUT2D eigenvalue weighted by molar-refractivity contribution is 0.0946. The van der Waals surface area contributed by atoms with Gasteiger partial charge in [0.15, 0.2) is 11.5 Å². The van der Waals surface area contributed by atoms with Crippen LogP contribution in [0, 0.1) is 5.82 Å². The topological polar surface area (TPSA) is 65.4 Å². The van der Waals surface area contributed by atoms with Gasteiger partial charge in [0.2, 0.25) is 0 Å². The van der Waals surface area contributed by atoms with E-state index in [2.05, 4.69) is 10.4 Å². The number of hydrogen-bond donors (Lipinski definition) is 1. The number of methoxy groups -OCH3 is 2. The highest BCUT2D eigenvalue weighted by Crippen LogP contribution is 2.28. The smallest absolute Gasteiger partial charge is 0.270 e. The monoisotopic (exact) mass is 479 g/mol. The van der Waals surface area contributed by atoms with Crippen molar-refractivity contribution in [3.8, 4) is 28.4 Å². The summed E-state index contributed by atoms with van der Waals surface area (Å²) in [4.78, 5) is 13.1. The standard InChI is InChI=1S/C26H23ClFN3O3/c1-33-24-12-7-17(15-25(24)34-2)13-14-29-26(32)23-16-22(20-5-3-4-6-21(20)28)30-31(23)19-10-8-18(27)9-11-19/h3-12,15-16H,13-14H2,1-2H3,(H,29,32). The minimum Gasteiger partial charge on any atom is -0.493 e. The highest BCUT2D eigenvalue weighted by Gasteiger charge is 2.19. The first kappa shape index (κ1) is 23.3. The summed E-state index contributed by atoms with van der Waals surface area (Å²) in [5.74, 6) is 0.527. The first-order chi connectivity index (χ1) is 16.5. The highest BCUT2D eigenvalue weighted by molar-refractivity contribution is 6.30. The molecule has 0 bridgehead atoms. The summed E-state index contributed by atoms with van der Waals surface area (Å²) >= 11 is 6.02. The molecule has 1 aromatic heterocycles. The van der Waals surface area contributed by atoms with Gasteiger partial charge >= 0.3 is 0 Å². The summed E-state index contributed by atoms with van der Waals surface area (Å²) in [5.41, 5.74) is 2.58. The number of carbonyl (C=O) groups excluding carboxylic acids is 1. The quantitative estimate of drug-likeness (QED) is 0.371. The van der Waals surface area contributed by atoms with E-state index >= 15 is 0 Å². The molecule has 0 unspecified atom stereocenters. The molecule has 0 aliphatic heterocycles. The van der Waals surface area contributed by atoms with E-state index in [0.29, 0.717) is 46.4 Å². The number of halogens is 2. The molecule has 0 aliphatic carbocycles. The molecule has 1 N–H and O–H groups in total. The number of ether oxygens (including phenoxy) is 2. The van der Waals surface area contributed by atoms with Crippen LogP contribution in [0.1, 0.15) is 16.1 Å². The largest absolute Gasteiger partial charge is 0.493 e. The summed E-state index contributed by atoms with van der Waals surface area (Å²) in [6, 6.07) is 20.4. The van der Waals surface area contributed by atoms with Crippen LogP contribution >= 0.6 is 11.6 Å². The molecule has 6 nitrogen and oxygen atoms in total. The van der Waals surface area contributed by atoms with E-state index < -0.39 is 5.82 Å². The van der Waals surface area contributed by atoms with Crippen LogP contribution in [-0.4, -0.2) is 36.5 Å². The molecule has 0 atom stereocenters. The number of aromatic nitrogens is 2. The second-order valence-electron chi connectivity index (χ2n) is 7.48. The Hall–Kier alpha value is -3.84. The average molecular weight is 480 g/mol. The second-order valence-corrected chi connectivity index (χ2v) is 7.91. The summed E-state index contributed by atoms with van der Waals surface area (Å²) in [5, 5.41) is 8.00. The Morgan fingerprint density at radius 1 is 1.00 bits per heavy atom. The predicted molar refractivity (Wildman–Crippen MR) is 130 cm³/mol. The van der Waals surface area contributed by atoms with E-state index in [1.807, 2.05) is 18.2 Å². The lowest BCUT2D eigenvalue weighted by Crippen LogP contribution is -2.27.